The minimum Gasteiger partial charge on any atom is -0.382 e. The summed E-state index contributed by atoms with van der Waals surface area (Å²) < 4.78 is 5.62. The molecule has 2 aromatic rings. The van der Waals surface area contributed by atoms with Gasteiger partial charge in [0.15, 0.2) is 5.82 Å². The number of aromatic nitrogens is 2. The first-order chi connectivity index (χ1) is 9.78. The highest BCUT2D eigenvalue weighted by Crippen LogP contribution is 2.36. The Bertz CT molecular complexity index is 558. The van der Waals surface area contributed by atoms with Gasteiger partial charge in [0.2, 0.25) is 0 Å². The van der Waals surface area contributed by atoms with Crippen LogP contribution in [-0.4, -0.2) is 22.9 Å². The summed E-state index contributed by atoms with van der Waals surface area (Å²) in [6, 6.07) is 10.2. The lowest BCUT2D eigenvalue weighted by Crippen LogP contribution is -2.32. The Kier molecular flexibility index (Phi) is 3.74. The quantitative estimate of drug-likeness (QED) is 0.878. The van der Waals surface area contributed by atoms with Crippen LogP contribution < -0.4 is 5.73 Å². The fourth-order valence-electron chi connectivity index (χ4n) is 2.97. The van der Waals surface area contributed by atoms with E-state index in [-0.39, 0.29) is 0 Å². The zero-order chi connectivity index (χ0) is 13.9. The van der Waals surface area contributed by atoms with Crippen molar-refractivity contribution in [3.63, 3.8) is 0 Å². The van der Waals surface area contributed by atoms with E-state index in [0.717, 1.165) is 42.7 Å². The first-order valence-corrected chi connectivity index (χ1v) is 7.27. The maximum Gasteiger partial charge on any atom is 0.153 e. The summed E-state index contributed by atoms with van der Waals surface area (Å²) in [7, 11) is 0. The summed E-state index contributed by atoms with van der Waals surface area (Å²) in [4.78, 5) is 0. The fourth-order valence-corrected chi connectivity index (χ4v) is 2.97. The summed E-state index contributed by atoms with van der Waals surface area (Å²) in [6.07, 6.45) is 3.73. The van der Waals surface area contributed by atoms with Gasteiger partial charge in [-0.15, -0.1) is 0 Å². The summed E-state index contributed by atoms with van der Waals surface area (Å²) in [5.41, 5.74) is 9.36. The number of H-pyrrole nitrogens is 1. The molecule has 0 spiro atoms. The van der Waals surface area contributed by atoms with Crippen LogP contribution in [0.3, 0.4) is 0 Å². The normalized spacial score (nSPS) is 21.6. The third kappa shape index (κ3) is 2.56. The van der Waals surface area contributed by atoms with Crippen molar-refractivity contribution in [1.82, 2.24) is 10.2 Å². The van der Waals surface area contributed by atoms with Crippen molar-refractivity contribution in [2.45, 2.75) is 32.3 Å². The van der Waals surface area contributed by atoms with E-state index in [2.05, 4.69) is 29.3 Å². The number of hydrogen-bond donors (Lipinski definition) is 2. The number of benzene rings is 1. The molecule has 3 rings (SSSR count). The molecule has 0 amide bonds. The second-order valence-electron chi connectivity index (χ2n) is 5.45. The van der Waals surface area contributed by atoms with Gasteiger partial charge in [0.05, 0.1) is 6.10 Å². The van der Waals surface area contributed by atoms with Gasteiger partial charge in [-0.25, -0.2) is 0 Å². The molecule has 106 valence electrons. The number of nitrogens with zero attached hydrogens (tertiary/aromatic N) is 1. The molecule has 0 saturated heterocycles. The van der Waals surface area contributed by atoms with Crippen molar-refractivity contribution < 1.29 is 4.74 Å². The molecule has 0 radical (unpaired) electrons. The van der Waals surface area contributed by atoms with Crippen LogP contribution in [0.25, 0.3) is 11.1 Å². The molecule has 0 bridgehead atoms. The maximum atomic E-state index is 6.02. The molecular formula is C16H21N3O. The fraction of sp³-hybridized carbons (Fsp3) is 0.438. The van der Waals surface area contributed by atoms with Crippen LogP contribution >= 0.6 is 0 Å². The monoisotopic (exact) mass is 271 g/mol. The van der Waals surface area contributed by atoms with E-state index in [4.69, 9.17) is 10.5 Å². The second-order valence-corrected chi connectivity index (χ2v) is 5.45. The van der Waals surface area contributed by atoms with Crippen LogP contribution in [0.1, 0.15) is 25.5 Å². The van der Waals surface area contributed by atoms with Crippen molar-refractivity contribution in [2.24, 2.45) is 5.92 Å². The molecule has 1 aromatic carbocycles. The Labute approximate surface area is 119 Å². The number of hydrogen-bond acceptors (Lipinski definition) is 3. The van der Waals surface area contributed by atoms with E-state index in [1.165, 1.54) is 0 Å². The highest BCUT2D eigenvalue weighted by molar-refractivity contribution is 5.76. The molecule has 4 nitrogen and oxygen atoms in total. The van der Waals surface area contributed by atoms with Crippen molar-refractivity contribution in [3.8, 4) is 11.1 Å². The number of nitrogen functional groups attached to an aromatic ring is 1. The Morgan fingerprint density at radius 3 is 2.75 bits per heavy atom. The number of anilines is 1. The molecule has 1 aliphatic carbocycles. The molecular weight excluding hydrogens is 250 g/mol. The lowest BCUT2D eigenvalue weighted by Gasteiger charge is -2.34. The zero-order valence-electron chi connectivity index (χ0n) is 11.8. The summed E-state index contributed by atoms with van der Waals surface area (Å²) in [5, 5.41) is 7.28. The van der Waals surface area contributed by atoms with Crippen molar-refractivity contribution in [1.29, 1.82) is 0 Å². The molecule has 3 N–H and O–H groups in total. The van der Waals surface area contributed by atoms with E-state index in [0.29, 0.717) is 17.8 Å². The average molecular weight is 271 g/mol. The minimum atomic E-state index is 0.449. The third-order valence-electron chi connectivity index (χ3n) is 4.02. The number of nitrogens with two attached hydrogens (primary N) is 1. The largest absolute Gasteiger partial charge is 0.382 e. The molecule has 20 heavy (non-hydrogen) atoms. The number of nitrogens with one attached hydrogen (secondary N) is 1. The van der Waals surface area contributed by atoms with E-state index in [1.54, 1.807) is 0 Å². The van der Waals surface area contributed by atoms with Gasteiger partial charge < -0.3 is 10.5 Å². The Balaban J connectivity index is 1.72. The maximum absolute atomic E-state index is 6.02. The standard InChI is InChI=1S/C16H21N3O/c1-2-20-13-8-11(9-13)10-14-15(16(17)19-18-14)12-6-4-3-5-7-12/h3-7,11,13H,2,8-10H2,1H3,(H3,17,18,19). The highest BCUT2D eigenvalue weighted by atomic mass is 16.5. The van der Waals surface area contributed by atoms with Gasteiger partial charge in [-0.3, -0.25) is 5.10 Å². The van der Waals surface area contributed by atoms with E-state index < -0.39 is 0 Å². The van der Waals surface area contributed by atoms with Crippen molar-refractivity contribution in [3.05, 3.63) is 36.0 Å². The van der Waals surface area contributed by atoms with Crippen LogP contribution in [0.4, 0.5) is 5.82 Å². The van der Waals surface area contributed by atoms with E-state index in [9.17, 15) is 0 Å². The van der Waals surface area contributed by atoms with Crippen LogP contribution in [0.15, 0.2) is 30.3 Å². The SMILES string of the molecule is CCOC1CC(Cc2[nH]nc(N)c2-c2ccccc2)C1. The molecule has 1 heterocycles. The van der Waals surface area contributed by atoms with Crippen LogP contribution in [0.2, 0.25) is 0 Å². The lowest BCUT2D eigenvalue weighted by atomic mass is 9.78. The van der Waals surface area contributed by atoms with Gasteiger partial charge in [0.1, 0.15) is 0 Å². The van der Waals surface area contributed by atoms with Gasteiger partial charge in [-0.05, 0) is 37.7 Å². The first-order valence-electron chi connectivity index (χ1n) is 7.27. The lowest BCUT2D eigenvalue weighted by molar-refractivity contribution is -0.0242. The van der Waals surface area contributed by atoms with Gasteiger partial charge in [0, 0.05) is 17.9 Å². The molecule has 4 heteroatoms. The molecule has 1 fully saturated rings. The van der Waals surface area contributed by atoms with Crippen molar-refractivity contribution >= 4 is 5.82 Å². The third-order valence-corrected chi connectivity index (χ3v) is 4.02. The van der Waals surface area contributed by atoms with Gasteiger partial charge in [0.25, 0.3) is 0 Å². The Morgan fingerprint density at radius 1 is 1.30 bits per heavy atom. The second kappa shape index (κ2) is 5.67. The highest BCUT2D eigenvalue weighted by Gasteiger charge is 2.30. The zero-order valence-corrected chi connectivity index (χ0v) is 11.8. The predicted octanol–water partition coefficient (Wildman–Crippen LogP) is 3.02. The smallest absolute Gasteiger partial charge is 0.153 e. The Hall–Kier alpha value is -1.81. The van der Waals surface area contributed by atoms with E-state index >= 15 is 0 Å². The minimum absolute atomic E-state index is 0.449. The predicted molar refractivity (Wildman–Crippen MR) is 80.3 cm³/mol. The van der Waals surface area contributed by atoms with Gasteiger partial charge in [-0.1, -0.05) is 30.3 Å². The first kappa shape index (κ1) is 13.2. The molecule has 0 atom stereocenters. The summed E-state index contributed by atoms with van der Waals surface area (Å²) in [6.45, 7) is 2.86. The summed E-state index contributed by atoms with van der Waals surface area (Å²) >= 11 is 0. The van der Waals surface area contributed by atoms with Crippen LogP contribution in [-0.2, 0) is 11.2 Å². The molecule has 0 aliphatic heterocycles. The molecule has 1 aromatic heterocycles. The average Bonchev–Trinajstić information content (AvgIpc) is 2.78. The number of aromatic amines is 1. The number of rotatable bonds is 5. The van der Waals surface area contributed by atoms with Crippen LogP contribution in [0, 0.1) is 5.92 Å². The molecule has 1 aliphatic rings. The van der Waals surface area contributed by atoms with Gasteiger partial charge in [-0.2, -0.15) is 5.10 Å². The van der Waals surface area contributed by atoms with E-state index in [1.807, 2.05) is 18.2 Å². The Morgan fingerprint density at radius 2 is 2.05 bits per heavy atom. The topological polar surface area (TPSA) is 63.9 Å². The van der Waals surface area contributed by atoms with Crippen LogP contribution in [0.5, 0.6) is 0 Å². The number of ether oxygens (including phenoxy) is 1. The summed E-state index contributed by atoms with van der Waals surface area (Å²) in [5.74, 6) is 1.26. The molecule has 0 unspecified atom stereocenters. The van der Waals surface area contributed by atoms with Gasteiger partial charge >= 0.3 is 0 Å². The van der Waals surface area contributed by atoms with Crippen molar-refractivity contribution in [2.75, 3.05) is 12.3 Å². The molecule has 1 saturated carbocycles.